The van der Waals surface area contributed by atoms with Crippen molar-refractivity contribution in [3.05, 3.63) is 29.3 Å². The number of rotatable bonds is 3. The van der Waals surface area contributed by atoms with Crippen LogP contribution < -0.4 is 10.6 Å². The number of anilines is 1. The first-order valence-electron chi connectivity index (χ1n) is 5.45. The van der Waals surface area contributed by atoms with E-state index in [0.29, 0.717) is 12.1 Å². The Balaban J connectivity index is 3.08. The fourth-order valence-corrected chi connectivity index (χ4v) is 1.55. The first-order chi connectivity index (χ1) is 9.89. The van der Waals surface area contributed by atoms with E-state index in [4.69, 9.17) is 5.11 Å². The van der Waals surface area contributed by atoms with E-state index >= 15 is 0 Å². The van der Waals surface area contributed by atoms with Crippen LogP contribution in [0.1, 0.15) is 11.1 Å². The van der Waals surface area contributed by atoms with Crippen LogP contribution in [0.25, 0.3) is 0 Å². The molecule has 0 amide bonds. The number of aliphatic carboxylic acids is 1. The van der Waals surface area contributed by atoms with Crippen LogP contribution in [-0.2, 0) is 17.1 Å². The molecular formula is C11H8F6N2O2S. The van der Waals surface area contributed by atoms with E-state index in [2.05, 4.69) is 22.9 Å². The minimum absolute atomic E-state index is 0.0289. The molecule has 0 atom stereocenters. The lowest BCUT2D eigenvalue weighted by atomic mass is 10.1. The van der Waals surface area contributed by atoms with Gasteiger partial charge in [0.15, 0.2) is 5.11 Å². The minimum atomic E-state index is -4.98. The van der Waals surface area contributed by atoms with Crippen molar-refractivity contribution in [3.8, 4) is 0 Å². The highest BCUT2D eigenvalue weighted by Crippen LogP contribution is 2.37. The molecule has 0 saturated heterocycles. The van der Waals surface area contributed by atoms with Gasteiger partial charge in [-0.1, -0.05) is 0 Å². The van der Waals surface area contributed by atoms with Crippen LogP contribution >= 0.6 is 12.2 Å². The van der Waals surface area contributed by atoms with Gasteiger partial charge in [0, 0.05) is 5.69 Å². The van der Waals surface area contributed by atoms with Crippen molar-refractivity contribution in [1.29, 1.82) is 0 Å². The maximum Gasteiger partial charge on any atom is 0.416 e. The van der Waals surface area contributed by atoms with Crippen molar-refractivity contribution in [2.45, 2.75) is 12.4 Å². The summed E-state index contributed by atoms with van der Waals surface area (Å²) < 4.78 is 75.6. The molecule has 4 nitrogen and oxygen atoms in total. The summed E-state index contributed by atoms with van der Waals surface area (Å²) in [4.78, 5) is 10.3. The minimum Gasteiger partial charge on any atom is -0.480 e. The molecule has 0 aliphatic carbocycles. The number of benzene rings is 1. The van der Waals surface area contributed by atoms with Crippen LogP contribution in [0.15, 0.2) is 18.2 Å². The van der Waals surface area contributed by atoms with Crippen LogP contribution in [0.2, 0.25) is 0 Å². The van der Waals surface area contributed by atoms with Crippen LogP contribution in [0.4, 0.5) is 32.0 Å². The monoisotopic (exact) mass is 346 g/mol. The van der Waals surface area contributed by atoms with Crippen molar-refractivity contribution in [3.63, 3.8) is 0 Å². The number of carboxylic acid groups (broad SMARTS) is 1. The van der Waals surface area contributed by atoms with Gasteiger partial charge in [0.1, 0.15) is 6.54 Å². The van der Waals surface area contributed by atoms with Gasteiger partial charge in [0.05, 0.1) is 11.1 Å². The summed E-state index contributed by atoms with van der Waals surface area (Å²) in [5, 5.41) is 12.1. The Bertz CT molecular complexity index is 553. The van der Waals surface area contributed by atoms with Crippen molar-refractivity contribution in [1.82, 2.24) is 5.32 Å². The van der Waals surface area contributed by atoms with E-state index in [0.717, 1.165) is 0 Å². The second-order valence-corrected chi connectivity index (χ2v) is 4.40. The molecule has 0 aromatic heterocycles. The normalized spacial score (nSPS) is 11.9. The highest BCUT2D eigenvalue weighted by molar-refractivity contribution is 7.80. The number of hydrogen-bond acceptors (Lipinski definition) is 2. The quantitative estimate of drug-likeness (QED) is 0.580. The summed E-state index contributed by atoms with van der Waals surface area (Å²) in [6.45, 7) is -0.642. The zero-order valence-electron chi connectivity index (χ0n) is 10.5. The summed E-state index contributed by atoms with van der Waals surface area (Å²) in [5.41, 5.74) is -3.58. The Morgan fingerprint density at radius 1 is 1.05 bits per heavy atom. The van der Waals surface area contributed by atoms with Crippen LogP contribution in [0, 0.1) is 0 Å². The molecule has 0 aliphatic rings. The largest absolute Gasteiger partial charge is 0.480 e. The van der Waals surface area contributed by atoms with Crippen molar-refractivity contribution in [2.24, 2.45) is 0 Å². The fraction of sp³-hybridized carbons (Fsp3) is 0.273. The second kappa shape index (κ2) is 6.38. The predicted molar refractivity (Wildman–Crippen MR) is 68.3 cm³/mol. The molecule has 0 bridgehead atoms. The first-order valence-corrected chi connectivity index (χ1v) is 5.86. The second-order valence-electron chi connectivity index (χ2n) is 4.00. The van der Waals surface area contributed by atoms with Gasteiger partial charge in [-0.3, -0.25) is 4.79 Å². The molecule has 1 aromatic carbocycles. The summed E-state index contributed by atoms with van der Waals surface area (Å²) in [6.07, 6.45) is -9.96. The van der Waals surface area contributed by atoms with Crippen molar-refractivity contribution in [2.75, 3.05) is 11.9 Å². The average Bonchev–Trinajstić information content (AvgIpc) is 2.34. The van der Waals surface area contributed by atoms with Gasteiger partial charge in [-0.15, -0.1) is 0 Å². The molecule has 0 aliphatic heterocycles. The predicted octanol–water partition coefficient (Wildman–Crippen LogP) is 3.10. The third-order valence-electron chi connectivity index (χ3n) is 2.25. The lowest BCUT2D eigenvalue weighted by Gasteiger charge is -2.15. The smallest absolute Gasteiger partial charge is 0.416 e. The molecule has 11 heteroatoms. The van der Waals surface area contributed by atoms with E-state index in [9.17, 15) is 31.1 Å². The molecule has 0 saturated carbocycles. The zero-order chi connectivity index (χ0) is 17.1. The van der Waals surface area contributed by atoms with Gasteiger partial charge in [0.2, 0.25) is 0 Å². The van der Waals surface area contributed by atoms with Gasteiger partial charge in [-0.2, -0.15) is 26.3 Å². The third kappa shape index (κ3) is 5.39. The number of carbonyl (C=O) groups is 1. The van der Waals surface area contributed by atoms with Crippen LogP contribution in [0.3, 0.4) is 0 Å². The van der Waals surface area contributed by atoms with Gasteiger partial charge in [-0.25, -0.2) is 0 Å². The molecule has 0 unspecified atom stereocenters. The molecule has 3 N–H and O–H groups in total. The van der Waals surface area contributed by atoms with E-state index < -0.39 is 46.8 Å². The van der Waals surface area contributed by atoms with Crippen LogP contribution in [0.5, 0.6) is 0 Å². The number of halogens is 6. The zero-order valence-corrected chi connectivity index (χ0v) is 11.3. The lowest BCUT2D eigenvalue weighted by molar-refractivity contribution is -0.143. The molecular weight excluding hydrogens is 338 g/mol. The van der Waals surface area contributed by atoms with Gasteiger partial charge in [0.25, 0.3) is 0 Å². The van der Waals surface area contributed by atoms with Gasteiger partial charge >= 0.3 is 18.3 Å². The lowest BCUT2D eigenvalue weighted by Crippen LogP contribution is -2.33. The Morgan fingerprint density at radius 3 is 1.86 bits per heavy atom. The van der Waals surface area contributed by atoms with E-state index in [1.807, 2.05) is 0 Å². The first kappa shape index (κ1) is 18.0. The number of hydrogen-bond donors (Lipinski definition) is 3. The van der Waals surface area contributed by atoms with Crippen LogP contribution in [-0.4, -0.2) is 22.7 Å². The molecule has 0 spiro atoms. The molecule has 1 rings (SSSR count). The number of nitrogens with one attached hydrogen (secondary N) is 2. The number of alkyl halides is 6. The summed E-state index contributed by atoms with van der Waals surface area (Å²) in [6, 6.07) is 0.840. The number of thiocarbonyl (C=S) groups is 1. The third-order valence-corrected chi connectivity index (χ3v) is 2.49. The van der Waals surface area contributed by atoms with Crippen molar-refractivity contribution < 1.29 is 36.2 Å². The summed E-state index contributed by atoms with van der Waals surface area (Å²) in [7, 11) is 0. The summed E-state index contributed by atoms with van der Waals surface area (Å²) >= 11 is 4.58. The molecule has 0 radical (unpaired) electrons. The molecule has 0 fully saturated rings. The van der Waals surface area contributed by atoms with E-state index in [1.165, 1.54) is 0 Å². The maximum absolute atomic E-state index is 12.6. The Kier molecular flexibility index (Phi) is 5.22. The standard InChI is InChI=1S/C11H8F6N2O2S/c12-10(13,14)5-1-6(11(15,16)17)3-7(2-5)19-9(22)18-4-8(20)21/h1-3H,4H2,(H,20,21)(H2,18,19,22). The number of carboxylic acids is 1. The molecule has 22 heavy (non-hydrogen) atoms. The molecule has 0 heterocycles. The highest BCUT2D eigenvalue weighted by Gasteiger charge is 2.36. The van der Waals surface area contributed by atoms with E-state index in [1.54, 1.807) is 0 Å². The molecule has 1 aromatic rings. The SMILES string of the molecule is O=C(O)CNC(=S)Nc1cc(C(F)(F)F)cc(C(F)(F)F)c1. The topological polar surface area (TPSA) is 61.4 Å². The average molecular weight is 346 g/mol. The van der Waals surface area contributed by atoms with Gasteiger partial charge in [-0.05, 0) is 30.4 Å². The van der Waals surface area contributed by atoms with E-state index in [-0.39, 0.29) is 6.07 Å². The summed E-state index contributed by atoms with van der Waals surface area (Å²) in [5.74, 6) is -1.30. The fourth-order valence-electron chi connectivity index (χ4n) is 1.36. The Labute approximate surface area is 125 Å². The van der Waals surface area contributed by atoms with Gasteiger partial charge < -0.3 is 15.7 Å². The Hall–Kier alpha value is -2.04. The Morgan fingerprint density at radius 2 is 1.50 bits per heavy atom. The maximum atomic E-state index is 12.6. The highest BCUT2D eigenvalue weighted by atomic mass is 32.1. The molecule has 122 valence electrons. The van der Waals surface area contributed by atoms with Crippen molar-refractivity contribution >= 4 is 29.0 Å².